The number of hydrogen-bond donors (Lipinski definition) is 2. The molecule has 4 rings (SSSR count). The highest BCUT2D eigenvalue weighted by Gasteiger charge is 2.10. The van der Waals surface area contributed by atoms with Crippen LogP contribution in [0.25, 0.3) is 21.9 Å². The number of nitrogens with one attached hydrogen (secondary N) is 2. The average molecular weight is 369 g/mol. The fourth-order valence-electron chi connectivity index (χ4n) is 2.66. The maximum atomic E-state index is 12.3. The summed E-state index contributed by atoms with van der Waals surface area (Å²) in [6.45, 7) is 0.233. The van der Waals surface area contributed by atoms with Crippen molar-refractivity contribution in [2.24, 2.45) is 0 Å². The minimum Gasteiger partial charge on any atom is -0.338 e. The number of carbonyl (C=O) groups excluding carboxylic acids is 1. The van der Waals surface area contributed by atoms with Crippen molar-refractivity contribution >= 4 is 49.7 Å². The molecule has 2 aromatic heterocycles. The van der Waals surface area contributed by atoms with Crippen LogP contribution in [0.5, 0.6) is 0 Å². The van der Waals surface area contributed by atoms with Gasteiger partial charge in [0.15, 0.2) is 0 Å². The van der Waals surface area contributed by atoms with Gasteiger partial charge in [0.25, 0.3) is 0 Å². The third-order valence-electron chi connectivity index (χ3n) is 3.72. The van der Waals surface area contributed by atoms with Gasteiger partial charge in [0.1, 0.15) is 6.54 Å². The lowest BCUT2D eigenvalue weighted by Gasteiger charge is -2.05. The number of halogens is 1. The van der Waals surface area contributed by atoms with Gasteiger partial charge in [-0.1, -0.05) is 34.1 Å². The highest BCUT2D eigenvalue weighted by Crippen LogP contribution is 2.24. The highest BCUT2D eigenvalue weighted by atomic mass is 79.9. The Balaban J connectivity index is 1.56. The van der Waals surface area contributed by atoms with E-state index in [-0.39, 0.29) is 12.5 Å². The van der Waals surface area contributed by atoms with E-state index >= 15 is 0 Å². The Labute approximate surface area is 140 Å². The lowest BCUT2D eigenvalue weighted by molar-refractivity contribution is -0.116. The van der Waals surface area contributed by atoms with Gasteiger partial charge in [-0.25, -0.2) is 4.98 Å². The number of fused-ring (bicyclic) bond motifs is 2. The Morgan fingerprint density at radius 2 is 2.04 bits per heavy atom. The largest absolute Gasteiger partial charge is 0.338 e. The minimum atomic E-state index is -0.124. The topological polar surface area (TPSA) is 62.7 Å². The zero-order valence-corrected chi connectivity index (χ0v) is 13.7. The number of para-hydroxylation sites is 2. The van der Waals surface area contributed by atoms with E-state index in [0.29, 0.717) is 5.95 Å². The molecule has 6 heteroatoms. The van der Waals surface area contributed by atoms with Crippen molar-refractivity contribution < 1.29 is 4.79 Å². The fourth-order valence-corrected chi connectivity index (χ4v) is 3.15. The summed E-state index contributed by atoms with van der Waals surface area (Å²) in [7, 11) is 0. The van der Waals surface area contributed by atoms with Crippen LogP contribution >= 0.6 is 15.9 Å². The number of hydrogen-bond acceptors (Lipinski definition) is 2. The summed E-state index contributed by atoms with van der Waals surface area (Å²) in [6.07, 6.45) is 1.91. The Bertz CT molecular complexity index is 985. The van der Waals surface area contributed by atoms with Crippen molar-refractivity contribution in [1.82, 2.24) is 14.5 Å². The Morgan fingerprint density at radius 1 is 1.17 bits per heavy atom. The van der Waals surface area contributed by atoms with Crippen LogP contribution in [-0.2, 0) is 11.3 Å². The van der Waals surface area contributed by atoms with Crippen LogP contribution in [0.1, 0.15) is 0 Å². The normalized spacial score (nSPS) is 11.2. The molecule has 2 N–H and O–H groups in total. The fraction of sp³-hybridized carbons (Fsp3) is 0.0588. The van der Waals surface area contributed by atoms with Crippen LogP contribution in [0, 0.1) is 0 Å². The zero-order chi connectivity index (χ0) is 15.8. The van der Waals surface area contributed by atoms with E-state index in [4.69, 9.17) is 0 Å². The smallest absolute Gasteiger partial charge is 0.246 e. The van der Waals surface area contributed by atoms with Gasteiger partial charge in [0.05, 0.1) is 11.0 Å². The molecule has 0 aliphatic heterocycles. The van der Waals surface area contributed by atoms with Gasteiger partial charge in [0.2, 0.25) is 11.9 Å². The van der Waals surface area contributed by atoms with Crippen molar-refractivity contribution in [2.75, 3.05) is 5.32 Å². The molecule has 0 saturated heterocycles. The van der Waals surface area contributed by atoms with Crippen LogP contribution < -0.4 is 5.32 Å². The quantitative estimate of drug-likeness (QED) is 0.575. The molecule has 0 atom stereocenters. The van der Waals surface area contributed by atoms with Crippen LogP contribution in [0.15, 0.2) is 59.2 Å². The number of imidazole rings is 1. The molecule has 0 unspecified atom stereocenters. The summed E-state index contributed by atoms with van der Waals surface area (Å²) in [5, 5.41) is 3.90. The molecule has 4 aromatic rings. The highest BCUT2D eigenvalue weighted by molar-refractivity contribution is 9.10. The lowest BCUT2D eigenvalue weighted by atomic mass is 10.2. The molecular formula is C17H13BrN4O. The van der Waals surface area contributed by atoms with E-state index in [9.17, 15) is 4.79 Å². The second kappa shape index (κ2) is 5.55. The van der Waals surface area contributed by atoms with Gasteiger partial charge in [0, 0.05) is 21.6 Å². The monoisotopic (exact) mass is 368 g/mol. The van der Waals surface area contributed by atoms with Crippen LogP contribution in [-0.4, -0.2) is 20.4 Å². The van der Waals surface area contributed by atoms with Gasteiger partial charge in [-0.2, -0.15) is 0 Å². The van der Waals surface area contributed by atoms with Gasteiger partial charge < -0.3 is 9.55 Å². The first-order valence-corrected chi connectivity index (χ1v) is 7.98. The maximum absolute atomic E-state index is 12.3. The number of nitrogens with zero attached hydrogens (tertiary/aromatic N) is 2. The maximum Gasteiger partial charge on any atom is 0.246 e. The molecule has 0 saturated carbocycles. The molecule has 0 aliphatic carbocycles. The lowest BCUT2D eigenvalue weighted by Crippen LogP contribution is -2.18. The first-order valence-electron chi connectivity index (χ1n) is 7.19. The molecule has 0 spiro atoms. The number of aromatic amines is 1. The number of H-pyrrole nitrogens is 1. The molecule has 23 heavy (non-hydrogen) atoms. The van der Waals surface area contributed by atoms with E-state index in [1.165, 1.54) is 0 Å². The van der Waals surface area contributed by atoms with E-state index < -0.39 is 0 Å². The molecule has 5 nitrogen and oxygen atoms in total. The first-order chi connectivity index (χ1) is 11.2. The van der Waals surface area contributed by atoms with Gasteiger partial charge in [-0.05, 0) is 30.3 Å². The number of anilines is 1. The van der Waals surface area contributed by atoms with E-state index in [0.717, 1.165) is 26.4 Å². The van der Waals surface area contributed by atoms with Gasteiger partial charge >= 0.3 is 0 Å². The average Bonchev–Trinajstić information content (AvgIpc) is 3.12. The number of aromatic nitrogens is 3. The van der Waals surface area contributed by atoms with E-state index in [2.05, 4.69) is 31.2 Å². The van der Waals surface area contributed by atoms with Gasteiger partial charge in [-0.15, -0.1) is 0 Å². The molecule has 2 heterocycles. The predicted octanol–water partition coefficient (Wildman–Crippen LogP) is 3.92. The van der Waals surface area contributed by atoms with Crippen molar-refractivity contribution in [3.05, 3.63) is 59.2 Å². The second-order valence-electron chi connectivity index (χ2n) is 5.27. The molecule has 114 valence electrons. The molecule has 1 amide bonds. The minimum absolute atomic E-state index is 0.124. The Kier molecular flexibility index (Phi) is 3.38. The number of benzene rings is 2. The summed E-state index contributed by atoms with van der Waals surface area (Å²) >= 11 is 3.52. The standard InChI is InChI=1S/C17H13BrN4O/c18-12-4-3-7-15-11(12)8-9-22(15)10-16(23)21-17-19-13-5-1-2-6-14(13)20-17/h1-9H,10H2,(H2,19,20,21,23). The van der Waals surface area contributed by atoms with Crippen molar-refractivity contribution in [3.63, 3.8) is 0 Å². The summed E-state index contributed by atoms with van der Waals surface area (Å²) < 4.78 is 2.93. The Hall–Kier alpha value is -2.60. The first kappa shape index (κ1) is 14.0. The molecule has 0 radical (unpaired) electrons. The van der Waals surface area contributed by atoms with E-state index in [1.54, 1.807) is 0 Å². The number of carbonyl (C=O) groups is 1. The molecule has 0 aliphatic rings. The van der Waals surface area contributed by atoms with Crippen LogP contribution in [0.2, 0.25) is 0 Å². The summed E-state index contributed by atoms with van der Waals surface area (Å²) in [5.74, 6) is 0.343. The number of amides is 1. The van der Waals surface area contributed by atoms with Crippen LogP contribution in [0.4, 0.5) is 5.95 Å². The second-order valence-corrected chi connectivity index (χ2v) is 6.12. The summed E-state index contributed by atoms with van der Waals surface area (Å²) in [5.41, 5.74) is 2.75. The van der Waals surface area contributed by atoms with Crippen molar-refractivity contribution in [1.29, 1.82) is 0 Å². The van der Waals surface area contributed by atoms with E-state index in [1.807, 2.05) is 59.3 Å². The predicted molar refractivity (Wildman–Crippen MR) is 94.4 cm³/mol. The van der Waals surface area contributed by atoms with Gasteiger partial charge in [-0.3, -0.25) is 10.1 Å². The Morgan fingerprint density at radius 3 is 2.91 bits per heavy atom. The molecule has 0 bridgehead atoms. The van der Waals surface area contributed by atoms with Crippen molar-refractivity contribution in [2.45, 2.75) is 6.54 Å². The summed E-state index contributed by atoms with van der Waals surface area (Å²) in [4.78, 5) is 19.7. The van der Waals surface area contributed by atoms with Crippen LogP contribution in [0.3, 0.4) is 0 Å². The third-order valence-corrected chi connectivity index (χ3v) is 4.41. The summed E-state index contributed by atoms with van der Waals surface area (Å²) in [6, 6.07) is 15.6. The molecule has 2 aromatic carbocycles. The number of rotatable bonds is 3. The van der Waals surface area contributed by atoms with Crippen molar-refractivity contribution in [3.8, 4) is 0 Å². The molecule has 0 fully saturated rings. The SMILES string of the molecule is O=C(Cn1ccc2c(Br)cccc21)Nc1nc2ccccc2[nH]1. The zero-order valence-electron chi connectivity index (χ0n) is 12.1. The third kappa shape index (κ3) is 2.61. The molecular weight excluding hydrogens is 356 g/mol.